The Bertz CT molecular complexity index is 119. The van der Waals surface area contributed by atoms with Crippen molar-refractivity contribution in [3.63, 3.8) is 0 Å². The highest BCUT2D eigenvalue weighted by atomic mass is 16.3. The maximum Gasteiger partial charge on any atom is 0.0586 e. The summed E-state index contributed by atoms with van der Waals surface area (Å²) in [4.78, 5) is 2.26. The largest absolute Gasteiger partial charge is 0.395 e. The Labute approximate surface area is 68.2 Å². The molecule has 0 saturated carbocycles. The van der Waals surface area contributed by atoms with Gasteiger partial charge in [-0.15, -0.1) is 0 Å². The van der Waals surface area contributed by atoms with Crippen molar-refractivity contribution >= 4 is 0 Å². The highest BCUT2D eigenvalue weighted by Gasteiger charge is 2.23. The van der Waals surface area contributed by atoms with E-state index in [0.717, 1.165) is 25.9 Å². The molecular formula is C8H18N2O. The first kappa shape index (κ1) is 8.97. The number of aliphatic hydroxyl groups excluding tert-OH is 1. The maximum atomic E-state index is 9.00. The summed E-state index contributed by atoms with van der Waals surface area (Å²) in [6, 6.07) is 0.678. The van der Waals surface area contributed by atoms with Crippen LogP contribution in [-0.2, 0) is 0 Å². The van der Waals surface area contributed by atoms with E-state index in [1.54, 1.807) is 0 Å². The molecule has 0 aromatic carbocycles. The summed E-state index contributed by atoms with van der Waals surface area (Å²) in [6.45, 7) is 4.34. The Morgan fingerprint density at radius 1 is 1.55 bits per heavy atom. The summed E-state index contributed by atoms with van der Waals surface area (Å²) in [5.74, 6) is 0. The van der Waals surface area contributed by atoms with Crippen molar-refractivity contribution in [2.75, 3.05) is 19.7 Å². The summed E-state index contributed by atoms with van der Waals surface area (Å²) >= 11 is 0. The Morgan fingerprint density at radius 2 is 2.27 bits per heavy atom. The fraction of sp³-hybridized carbons (Fsp3) is 1.00. The highest BCUT2D eigenvalue weighted by Crippen LogP contribution is 2.14. The molecule has 1 fully saturated rings. The quantitative estimate of drug-likeness (QED) is 0.584. The Hall–Kier alpha value is -0.120. The van der Waals surface area contributed by atoms with E-state index in [4.69, 9.17) is 10.8 Å². The molecule has 1 heterocycles. The van der Waals surface area contributed by atoms with Crippen molar-refractivity contribution < 1.29 is 5.11 Å². The van der Waals surface area contributed by atoms with Crippen molar-refractivity contribution in [2.45, 2.75) is 31.8 Å². The number of hydrogen-bond acceptors (Lipinski definition) is 3. The van der Waals surface area contributed by atoms with E-state index in [2.05, 4.69) is 11.8 Å². The fourth-order valence-electron chi connectivity index (χ4n) is 1.72. The summed E-state index contributed by atoms with van der Waals surface area (Å²) in [6.07, 6.45) is 2.10. The number of likely N-dealkylation sites (N-methyl/N-ethyl adjacent to an activating group) is 1. The monoisotopic (exact) mass is 158 g/mol. The van der Waals surface area contributed by atoms with E-state index in [9.17, 15) is 0 Å². The molecule has 0 amide bonds. The first-order valence-electron chi connectivity index (χ1n) is 4.38. The van der Waals surface area contributed by atoms with Crippen LogP contribution >= 0.6 is 0 Å². The normalized spacial score (nSPS) is 34.1. The van der Waals surface area contributed by atoms with E-state index in [1.807, 2.05) is 0 Å². The third kappa shape index (κ3) is 2.15. The molecule has 0 aromatic heterocycles. The zero-order valence-corrected chi connectivity index (χ0v) is 7.16. The van der Waals surface area contributed by atoms with Gasteiger partial charge in [-0.3, -0.25) is 4.90 Å². The van der Waals surface area contributed by atoms with E-state index < -0.39 is 0 Å². The molecule has 2 atom stereocenters. The van der Waals surface area contributed by atoms with Gasteiger partial charge < -0.3 is 10.8 Å². The van der Waals surface area contributed by atoms with Gasteiger partial charge >= 0.3 is 0 Å². The molecule has 0 aromatic rings. The molecule has 11 heavy (non-hydrogen) atoms. The van der Waals surface area contributed by atoms with Crippen LogP contribution in [0.15, 0.2) is 0 Å². The van der Waals surface area contributed by atoms with Gasteiger partial charge in [-0.1, -0.05) is 6.92 Å². The van der Waals surface area contributed by atoms with Crippen LogP contribution in [0.25, 0.3) is 0 Å². The fourth-order valence-corrected chi connectivity index (χ4v) is 1.72. The maximum absolute atomic E-state index is 9.00. The summed E-state index contributed by atoms with van der Waals surface area (Å²) in [7, 11) is 0. The molecule has 1 saturated heterocycles. The number of rotatable bonds is 2. The highest BCUT2D eigenvalue weighted by molar-refractivity contribution is 4.81. The van der Waals surface area contributed by atoms with Crippen LogP contribution in [-0.4, -0.2) is 41.8 Å². The topological polar surface area (TPSA) is 49.5 Å². The third-order valence-corrected chi connectivity index (χ3v) is 2.47. The molecule has 1 aliphatic rings. The molecular weight excluding hydrogens is 140 g/mol. The van der Waals surface area contributed by atoms with Gasteiger partial charge in [0.05, 0.1) is 6.61 Å². The summed E-state index contributed by atoms with van der Waals surface area (Å²) in [5.41, 5.74) is 5.79. The molecule has 3 nitrogen and oxygen atoms in total. The van der Waals surface area contributed by atoms with Crippen molar-refractivity contribution in [3.05, 3.63) is 0 Å². The van der Waals surface area contributed by atoms with Gasteiger partial charge in [0.15, 0.2) is 0 Å². The number of nitrogens with zero attached hydrogens (tertiary/aromatic N) is 1. The van der Waals surface area contributed by atoms with Crippen molar-refractivity contribution in [1.82, 2.24) is 4.90 Å². The van der Waals surface area contributed by atoms with Gasteiger partial charge in [0, 0.05) is 18.6 Å². The number of likely N-dealkylation sites (tertiary alicyclic amines) is 1. The first-order chi connectivity index (χ1) is 5.27. The van der Waals surface area contributed by atoms with E-state index in [-0.39, 0.29) is 6.61 Å². The van der Waals surface area contributed by atoms with Gasteiger partial charge in [0.2, 0.25) is 0 Å². The van der Waals surface area contributed by atoms with E-state index >= 15 is 0 Å². The lowest BCUT2D eigenvalue weighted by Gasteiger charge is -2.36. The number of aliphatic hydroxyl groups is 1. The Balaban J connectivity index is 2.41. The zero-order valence-electron chi connectivity index (χ0n) is 7.16. The third-order valence-electron chi connectivity index (χ3n) is 2.47. The average molecular weight is 158 g/mol. The van der Waals surface area contributed by atoms with Crippen LogP contribution in [0.3, 0.4) is 0 Å². The molecule has 3 heteroatoms. The summed E-state index contributed by atoms with van der Waals surface area (Å²) in [5, 5.41) is 9.00. The Morgan fingerprint density at radius 3 is 2.82 bits per heavy atom. The van der Waals surface area contributed by atoms with Crippen molar-refractivity contribution in [3.8, 4) is 0 Å². The standard InChI is InChI=1S/C8H18N2O/c1-2-10-5-7(9)3-4-8(10)6-11/h7-8,11H,2-6,9H2,1H3/t7-,8-/m0/s1. The molecule has 0 radical (unpaired) electrons. The predicted octanol–water partition coefficient (Wildman–Crippen LogP) is -0.210. The van der Waals surface area contributed by atoms with Crippen LogP contribution in [0.4, 0.5) is 0 Å². The smallest absolute Gasteiger partial charge is 0.0586 e. The zero-order chi connectivity index (χ0) is 8.27. The SMILES string of the molecule is CCN1C[C@@H](N)CC[C@H]1CO. The van der Waals surface area contributed by atoms with E-state index in [1.165, 1.54) is 0 Å². The lowest BCUT2D eigenvalue weighted by atomic mass is 9.99. The second kappa shape index (κ2) is 4.04. The number of nitrogens with two attached hydrogens (primary N) is 1. The van der Waals surface area contributed by atoms with Gasteiger partial charge in [0.25, 0.3) is 0 Å². The van der Waals surface area contributed by atoms with Crippen LogP contribution in [0.1, 0.15) is 19.8 Å². The van der Waals surface area contributed by atoms with Gasteiger partial charge in [0.1, 0.15) is 0 Å². The molecule has 3 N–H and O–H groups in total. The minimum Gasteiger partial charge on any atom is -0.395 e. The molecule has 0 bridgehead atoms. The number of piperidine rings is 1. The minimum atomic E-state index is 0.278. The molecule has 0 aliphatic carbocycles. The number of hydrogen-bond donors (Lipinski definition) is 2. The predicted molar refractivity (Wildman–Crippen MR) is 45.3 cm³/mol. The lowest BCUT2D eigenvalue weighted by molar-refractivity contribution is 0.0862. The molecule has 66 valence electrons. The lowest BCUT2D eigenvalue weighted by Crippen LogP contribution is -2.49. The van der Waals surface area contributed by atoms with Crippen LogP contribution in [0.2, 0.25) is 0 Å². The second-order valence-electron chi connectivity index (χ2n) is 3.26. The second-order valence-corrected chi connectivity index (χ2v) is 3.26. The van der Waals surface area contributed by atoms with E-state index in [0.29, 0.717) is 12.1 Å². The molecule has 1 rings (SSSR count). The minimum absolute atomic E-state index is 0.278. The van der Waals surface area contributed by atoms with Crippen LogP contribution in [0, 0.1) is 0 Å². The van der Waals surface area contributed by atoms with Gasteiger partial charge in [-0.05, 0) is 19.4 Å². The molecule has 0 spiro atoms. The van der Waals surface area contributed by atoms with Crippen molar-refractivity contribution in [1.29, 1.82) is 0 Å². The van der Waals surface area contributed by atoms with Gasteiger partial charge in [-0.2, -0.15) is 0 Å². The molecule has 0 unspecified atom stereocenters. The summed E-state index contributed by atoms with van der Waals surface area (Å²) < 4.78 is 0. The van der Waals surface area contributed by atoms with Crippen molar-refractivity contribution in [2.24, 2.45) is 5.73 Å². The molecule has 1 aliphatic heterocycles. The van der Waals surface area contributed by atoms with Crippen LogP contribution in [0.5, 0.6) is 0 Å². The average Bonchev–Trinajstić information content (AvgIpc) is 2.04. The first-order valence-corrected chi connectivity index (χ1v) is 4.38. The van der Waals surface area contributed by atoms with Gasteiger partial charge in [-0.25, -0.2) is 0 Å². The van der Waals surface area contributed by atoms with Crippen LogP contribution < -0.4 is 5.73 Å². The Kier molecular flexibility index (Phi) is 3.30.